The van der Waals surface area contributed by atoms with Crippen LogP contribution in [-0.2, 0) is 4.79 Å². The van der Waals surface area contributed by atoms with Crippen molar-refractivity contribution in [1.29, 1.82) is 0 Å². The number of alkyl halides is 2. The summed E-state index contributed by atoms with van der Waals surface area (Å²) >= 11 is 1.14. The fourth-order valence-electron chi connectivity index (χ4n) is 2.74. The van der Waals surface area contributed by atoms with Gasteiger partial charge in [0.1, 0.15) is 5.82 Å². The van der Waals surface area contributed by atoms with Crippen molar-refractivity contribution in [3.05, 3.63) is 47.1 Å². The molecule has 0 fully saturated rings. The van der Waals surface area contributed by atoms with E-state index in [9.17, 15) is 18.4 Å². The number of fused-ring (bicyclic) bond motifs is 1. The minimum absolute atomic E-state index is 0.155. The van der Waals surface area contributed by atoms with Crippen molar-refractivity contribution in [1.82, 2.24) is 14.9 Å². The average molecular weight is 392 g/mol. The number of benzene rings is 1. The number of aromatic nitrogens is 2. The number of carbonyl (C=O) groups is 2. The molecule has 2 heterocycles. The molecule has 0 saturated heterocycles. The number of nitrogens with one attached hydrogen (secondary N) is 2. The third-order valence-electron chi connectivity index (χ3n) is 3.96. The van der Waals surface area contributed by atoms with Crippen LogP contribution < -0.4 is 10.6 Å². The van der Waals surface area contributed by atoms with Gasteiger partial charge >= 0.3 is 6.55 Å². The molecule has 0 radical (unpaired) electrons. The Balaban J connectivity index is 1.72. The Bertz CT molecular complexity index is 983. The molecule has 2 aromatic heterocycles. The van der Waals surface area contributed by atoms with Crippen LogP contribution in [0, 0.1) is 0 Å². The van der Waals surface area contributed by atoms with Crippen LogP contribution in [0.3, 0.4) is 0 Å². The predicted molar refractivity (Wildman–Crippen MR) is 100 cm³/mol. The van der Waals surface area contributed by atoms with Gasteiger partial charge in [0.05, 0.1) is 20.9 Å². The molecule has 142 valence electrons. The minimum atomic E-state index is -2.72. The summed E-state index contributed by atoms with van der Waals surface area (Å²) in [5, 5.41) is 5.91. The van der Waals surface area contributed by atoms with E-state index < -0.39 is 12.5 Å². The SMILES string of the molecule is CC(=O)Nc1ccc(C(=O)NCC(C)c2nc3ccccc3n2C(F)F)s1. The Kier molecular flexibility index (Phi) is 5.50. The van der Waals surface area contributed by atoms with Gasteiger partial charge in [0, 0.05) is 19.4 Å². The van der Waals surface area contributed by atoms with Gasteiger partial charge in [0.15, 0.2) is 0 Å². The molecule has 0 aliphatic rings. The first-order chi connectivity index (χ1) is 12.9. The maximum absolute atomic E-state index is 13.5. The second-order valence-corrected chi connectivity index (χ2v) is 7.15. The highest BCUT2D eigenvalue weighted by atomic mass is 32.1. The number of thiophene rings is 1. The molecule has 0 bridgehead atoms. The summed E-state index contributed by atoms with van der Waals surface area (Å²) in [5.41, 5.74) is 0.850. The first kappa shape index (κ1) is 19.0. The normalized spacial score (nSPS) is 12.3. The van der Waals surface area contributed by atoms with E-state index in [1.165, 1.54) is 6.92 Å². The van der Waals surface area contributed by atoms with Crippen LogP contribution in [0.25, 0.3) is 11.0 Å². The molecule has 2 amide bonds. The third-order valence-corrected chi connectivity index (χ3v) is 4.96. The van der Waals surface area contributed by atoms with Crippen molar-refractivity contribution in [2.45, 2.75) is 26.3 Å². The Hall–Kier alpha value is -2.81. The van der Waals surface area contributed by atoms with Gasteiger partial charge in [0.25, 0.3) is 5.91 Å². The molecule has 0 aliphatic carbocycles. The number of amides is 2. The van der Waals surface area contributed by atoms with Crippen molar-refractivity contribution >= 4 is 39.2 Å². The molecule has 1 unspecified atom stereocenters. The average Bonchev–Trinajstić information content (AvgIpc) is 3.23. The van der Waals surface area contributed by atoms with Gasteiger partial charge in [-0.3, -0.25) is 14.2 Å². The zero-order chi connectivity index (χ0) is 19.6. The zero-order valence-corrected chi connectivity index (χ0v) is 15.5. The molecule has 27 heavy (non-hydrogen) atoms. The highest BCUT2D eigenvalue weighted by molar-refractivity contribution is 7.18. The number of imidazole rings is 1. The van der Waals surface area contributed by atoms with Crippen molar-refractivity contribution in [2.24, 2.45) is 0 Å². The molecule has 9 heteroatoms. The van der Waals surface area contributed by atoms with E-state index in [1.807, 2.05) is 0 Å². The number of hydrogen-bond donors (Lipinski definition) is 2. The number of anilines is 1. The molecule has 3 aromatic rings. The molecular weight excluding hydrogens is 374 g/mol. The van der Waals surface area contributed by atoms with Crippen LogP contribution >= 0.6 is 11.3 Å². The monoisotopic (exact) mass is 392 g/mol. The highest BCUT2D eigenvalue weighted by Gasteiger charge is 2.22. The van der Waals surface area contributed by atoms with Crippen molar-refractivity contribution in [3.8, 4) is 0 Å². The van der Waals surface area contributed by atoms with Gasteiger partial charge < -0.3 is 10.6 Å². The van der Waals surface area contributed by atoms with E-state index in [1.54, 1.807) is 43.3 Å². The summed E-state index contributed by atoms with van der Waals surface area (Å²) in [4.78, 5) is 28.1. The Morgan fingerprint density at radius 1 is 1.22 bits per heavy atom. The van der Waals surface area contributed by atoms with Gasteiger partial charge in [-0.2, -0.15) is 8.78 Å². The molecule has 2 N–H and O–H groups in total. The Morgan fingerprint density at radius 3 is 2.67 bits per heavy atom. The van der Waals surface area contributed by atoms with Crippen LogP contribution in [-0.4, -0.2) is 27.9 Å². The summed E-state index contributed by atoms with van der Waals surface area (Å²) in [5.74, 6) is -0.742. The largest absolute Gasteiger partial charge is 0.351 e. The summed E-state index contributed by atoms with van der Waals surface area (Å²) in [6, 6.07) is 9.94. The highest BCUT2D eigenvalue weighted by Crippen LogP contribution is 2.27. The van der Waals surface area contributed by atoms with Gasteiger partial charge in [-0.1, -0.05) is 19.1 Å². The molecule has 0 aliphatic heterocycles. The van der Waals surface area contributed by atoms with E-state index in [0.29, 0.717) is 20.9 Å². The topological polar surface area (TPSA) is 76.0 Å². The van der Waals surface area contributed by atoms with Crippen molar-refractivity contribution in [2.75, 3.05) is 11.9 Å². The Labute approximate surface area is 158 Å². The lowest BCUT2D eigenvalue weighted by Crippen LogP contribution is -2.28. The Morgan fingerprint density at radius 2 is 1.96 bits per heavy atom. The van der Waals surface area contributed by atoms with Gasteiger partial charge in [-0.15, -0.1) is 11.3 Å². The van der Waals surface area contributed by atoms with Crippen LogP contribution in [0.5, 0.6) is 0 Å². The van der Waals surface area contributed by atoms with E-state index in [-0.39, 0.29) is 24.2 Å². The van der Waals surface area contributed by atoms with Crippen molar-refractivity contribution < 1.29 is 18.4 Å². The molecule has 1 aromatic carbocycles. The summed E-state index contributed by atoms with van der Waals surface area (Å²) in [7, 11) is 0. The fraction of sp³-hybridized carbons (Fsp3) is 0.278. The van der Waals surface area contributed by atoms with E-state index in [2.05, 4.69) is 15.6 Å². The lowest BCUT2D eigenvalue weighted by atomic mass is 10.1. The van der Waals surface area contributed by atoms with Crippen LogP contribution in [0.2, 0.25) is 0 Å². The molecule has 0 saturated carbocycles. The predicted octanol–water partition coefficient (Wildman–Crippen LogP) is 3.98. The zero-order valence-electron chi connectivity index (χ0n) is 14.7. The fourth-order valence-corrected chi connectivity index (χ4v) is 3.61. The number of carbonyl (C=O) groups excluding carboxylic acids is 2. The molecule has 1 atom stereocenters. The number of rotatable bonds is 6. The van der Waals surface area contributed by atoms with Gasteiger partial charge in [-0.05, 0) is 24.3 Å². The third kappa shape index (κ3) is 4.13. The van der Waals surface area contributed by atoms with E-state index >= 15 is 0 Å². The maximum atomic E-state index is 13.5. The molecular formula is C18H18F2N4O2S. The molecule has 3 rings (SSSR count). The number of nitrogens with zero attached hydrogens (tertiary/aromatic N) is 2. The summed E-state index contributed by atoms with van der Waals surface area (Å²) < 4.78 is 27.9. The minimum Gasteiger partial charge on any atom is -0.351 e. The van der Waals surface area contributed by atoms with Crippen LogP contribution in [0.4, 0.5) is 13.8 Å². The first-order valence-corrected chi connectivity index (χ1v) is 9.09. The van der Waals surface area contributed by atoms with Crippen LogP contribution in [0.1, 0.15) is 41.8 Å². The lowest BCUT2D eigenvalue weighted by Gasteiger charge is -2.14. The van der Waals surface area contributed by atoms with Crippen molar-refractivity contribution in [3.63, 3.8) is 0 Å². The summed E-state index contributed by atoms with van der Waals surface area (Å²) in [6.45, 7) is 0.554. The van der Waals surface area contributed by atoms with E-state index in [4.69, 9.17) is 0 Å². The summed E-state index contributed by atoms with van der Waals surface area (Å²) in [6.07, 6.45) is 0. The quantitative estimate of drug-likeness (QED) is 0.666. The lowest BCUT2D eigenvalue weighted by molar-refractivity contribution is -0.114. The number of para-hydroxylation sites is 2. The standard InChI is InChI=1S/C18H18F2N4O2S/c1-10(9-21-17(26)14-7-8-15(27-14)22-11(2)25)16-23-12-5-3-4-6-13(12)24(16)18(19)20/h3-8,10,18H,9H2,1-2H3,(H,21,26)(H,22,25). The maximum Gasteiger partial charge on any atom is 0.320 e. The van der Waals surface area contributed by atoms with E-state index in [0.717, 1.165) is 15.9 Å². The second kappa shape index (κ2) is 7.83. The van der Waals surface area contributed by atoms with Crippen LogP contribution in [0.15, 0.2) is 36.4 Å². The number of hydrogen-bond acceptors (Lipinski definition) is 4. The number of halogens is 2. The first-order valence-electron chi connectivity index (χ1n) is 8.27. The molecule has 6 nitrogen and oxygen atoms in total. The van der Waals surface area contributed by atoms with Gasteiger partial charge in [-0.25, -0.2) is 4.98 Å². The van der Waals surface area contributed by atoms with Gasteiger partial charge in [0.2, 0.25) is 5.91 Å². The molecule has 0 spiro atoms. The second-order valence-electron chi connectivity index (χ2n) is 6.06. The smallest absolute Gasteiger partial charge is 0.320 e.